The van der Waals surface area contributed by atoms with E-state index in [9.17, 15) is 13.2 Å². The van der Waals surface area contributed by atoms with E-state index in [1.54, 1.807) is 6.33 Å². The standard InChI is InChI=1S/C18H19N3O4S/c1-25-18(22)14-6-4-7-15(12-14)26(23,24)20-10-5-11-21-13-19-16-8-2-3-9-17(16)21/h2-4,6-9,12-13,20H,5,10-11H2,1H3. The average molecular weight is 373 g/mol. The fourth-order valence-electron chi connectivity index (χ4n) is 2.64. The Hall–Kier alpha value is -2.71. The number of imidazole rings is 1. The molecule has 1 heterocycles. The molecule has 0 unspecified atom stereocenters. The first-order valence-corrected chi connectivity index (χ1v) is 9.57. The predicted molar refractivity (Wildman–Crippen MR) is 97.3 cm³/mol. The lowest BCUT2D eigenvalue weighted by atomic mass is 10.2. The van der Waals surface area contributed by atoms with E-state index < -0.39 is 16.0 Å². The summed E-state index contributed by atoms with van der Waals surface area (Å²) in [5.41, 5.74) is 2.12. The Kier molecular flexibility index (Phi) is 5.34. The fourth-order valence-corrected chi connectivity index (χ4v) is 3.76. The summed E-state index contributed by atoms with van der Waals surface area (Å²) in [4.78, 5) is 15.9. The molecule has 1 N–H and O–H groups in total. The van der Waals surface area contributed by atoms with Crippen LogP contribution in [-0.2, 0) is 21.3 Å². The molecule has 0 aliphatic carbocycles. The molecule has 0 amide bonds. The molecule has 0 radical (unpaired) electrons. The van der Waals surface area contributed by atoms with E-state index in [2.05, 4.69) is 14.4 Å². The van der Waals surface area contributed by atoms with Crippen LogP contribution in [-0.4, -0.2) is 37.6 Å². The zero-order valence-electron chi connectivity index (χ0n) is 14.3. The number of rotatable bonds is 7. The van der Waals surface area contributed by atoms with Crippen molar-refractivity contribution in [3.05, 3.63) is 60.4 Å². The zero-order valence-corrected chi connectivity index (χ0v) is 15.1. The van der Waals surface area contributed by atoms with Crippen molar-refractivity contribution in [3.8, 4) is 0 Å². The third kappa shape index (κ3) is 3.92. The Morgan fingerprint density at radius 3 is 2.81 bits per heavy atom. The van der Waals surface area contributed by atoms with E-state index in [0.29, 0.717) is 13.0 Å². The van der Waals surface area contributed by atoms with Gasteiger partial charge >= 0.3 is 5.97 Å². The van der Waals surface area contributed by atoms with Crippen LogP contribution in [0.1, 0.15) is 16.8 Å². The summed E-state index contributed by atoms with van der Waals surface area (Å²) in [5.74, 6) is -0.575. The van der Waals surface area contributed by atoms with Crippen molar-refractivity contribution in [2.24, 2.45) is 0 Å². The molecule has 1 aromatic heterocycles. The van der Waals surface area contributed by atoms with Gasteiger partial charge in [-0.05, 0) is 36.8 Å². The van der Waals surface area contributed by atoms with Gasteiger partial charge in [-0.3, -0.25) is 0 Å². The van der Waals surface area contributed by atoms with Gasteiger partial charge in [-0.25, -0.2) is 22.9 Å². The van der Waals surface area contributed by atoms with Crippen molar-refractivity contribution >= 4 is 27.0 Å². The molecule has 0 fully saturated rings. The maximum absolute atomic E-state index is 12.4. The first-order chi connectivity index (χ1) is 12.5. The average Bonchev–Trinajstić information content (AvgIpc) is 3.08. The molecule has 136 valence electrons. The van der Waals surface area contributed by atoms with Gasteiger partial charge in [0.25, 0.3) is 0 Å². The van der Waals surface area contributed by atoms with Crippen molar-refractivity contribution in [3.63, 3.8) is 0 Å². The smallest absolute Gasteiger partial charge is 0.337 e. The number of carbonyl (C=O) groups is 1. The van der Waals surface area contributed by atoms with E-state index in [1.807, 2.05) is 28.8 Å². The number of nitrogens with one attached hydrogen (secondary N) is 1. The molecule has 0 aliphatic rings. The molecular weight excluding hydrogens is 354 g/mol. The monoisotopic (exact) mass is 373 g/mol. The van der Waals surface area contributed by atoms with Gasteiger partial charge in [-0.2, -0.15) is 0 Å². The largest absolute Gasteiger partial charge is 0.465 e. The van der Waals surface area contributed by atoms with Crippen LogP contribution in [0.2, 0.25) is 0 Å². The number of para-hydroxylation sites is 2. The third-order valence-electron chi connectivity index (χ3n) is 3.96. The van der Waals surface area contributed by atoms with E-state index in [0.717, 1.165) is 11.0 Å². The Bertz CT molecular complexity index is 1030. The third-order valence-corrected chi connectivity index (χ3v) is 5.42. The molecular formula is C18H19N3O4S. The molecule has 0 bridgehead atoms. The Labute approximate surface area is 151 Å². The van der Waals surface area contributed by atoms with E-state index in [1.165, 1.54) is 31.4 Å². The number of hydrogen-bond acceptors (Lipinski definition) is 5. The van der Waals surface area contributed by atoms with Gasteiger partial charge in [0.15, 0.2) is 0 Å². The first-order valence-electron chi connectivity index (χ1n) is 8.09. The van der Waals surface area contributed by atoms with Crippen LogP contribution in [0.25, 0.3) is 11.0 Å². The van der Waals surface area contributed by atoms with Crippen LogP contribution >= 0.6 is 0 Å². The van der Waals surface area contributed by atoms with Crippen LogP contribution in [0, 0.1) is 0 Å². The number of aromatic nitrogens is 2. The SMILES string of the molecule is COC(=O)c1cccc(S(=O)(=O)NCCCn2cnc3ccccc32)c1. The Morgan fingerprint density at radius 2 is 2.00 bits per heavy atom. The normalized spacial score (nSPS) is 11.6. The minimum absolute atomic E-state index is 0.0356. The number of carbonyl (C=O) groups excluding carboxylic acids is 1. The number of nitrogens with zero attached hydrogens (tertiary/aromatic N) is 2. The summed E-state index contributed by atoms with van der Waals surface area (Å²) in [7, 11) is -2.44. The zero-order chi connectivity index (χ0) is 18.6. The van der Waals surface area contributed by atoms with Crippen LogP contribution in [0.15, 0.2) is 59.8 Å². The van der Waals surface area contributed by atoms with E-state index in [-0.39, 0.29) is 17.0 Å². The van der Waals surface area contributed by atoms with Gasteiger partial charge in [0.05, 0.1) is 34.9 Å². The van der Waals surface area contributed by atoms with Gasteiger partial charge < -0.3 is 9.30 Å². The van der Waals surface area contributed by atoms with Crippen molar-refractivity contribution < 1.29 is 17.9 Å². The van der Waals surface area contributed by atoms with Gasteiger partial charge in [-0.1, -0.05) is 18.2 Å². The lowest BCUT2D eigenvalue weighted by molar-refractivity contribution is 0.0600. The number of fused-ring (bicyclic) bond motifs is 1. The van der Waals surface area contributed by atoms with Crippen molar-refractivity contribution in [2.75, 3.05) is 13.7 Å². The number of aryl methyl sites for hydroxylation is 1. The Balaban J connectivity index is 1.61. The number of ether oxygens (including phenoxy) is 1. The molecule has 8 heteroatoms. The topological polar surface area (TPSA) is 90.3 Å². The molecule has 0 saturated carbocycles. The second kappa shape index (κ2) is 7.67. The molecule has 26 heavy (non-hydrogen) atoms. The fraction of sp³-hybridized carbons (Fsp3) is 0.222. The summed E-state index contributed by atoms with van der Waals surface area (Å²) in [6, 6.07) is 13.5. The maximum Gasteiger partial charge on any atom is 0.337 e. The summed E-state index contributed by atoms with van der Waals surface area (Å²) < 4.78 is 33.9. The van der Waals surface area contributed by atoms with Crippen molar-refractivity contribution in [1.29, 1.82) is 0 Å². The summed E-state index contributed by atoms with van der Waals surface area (Å²) in [5, 5.41) is 0. The molecule has 2 aromatic carbocycles. The minimum Gasteiger partial charge on any atom is -0.465 e. The highest BCUT2D eigenvalue weighted by Gasteiger charge is 2.16. The second-order valence-corrected chi connectivity index (χ2v) is 7.46. The highest BCUT2D eigenvalue weighted by Crippen LogP contribution is 2.14. The molecule has 7 nitrogen and oxygen atoms in total. The molecule has 0 aliphatic heterocycles. The number of esters is 1. The summed E-state index contributed by atoms with van der Waals surface area (Å²) >= 11 is 0. The molecule has 0 atom stereocenters. The van der Waals surface area contributed by atoms with Crippen molar-refractivity contribution in [1.82, 2.24) is 14.3 Å². The second-order valence-electron chi connectivity index (χ2n) is 5.70. The van der Waals surface area contributed by atoms with Crippen LogP contribution in [0.3, 0.4) is 0 Å². The van der Waals surface area contributed by atoms with Gasteiger partial charge in [0, 0.05) is 13.1 Å². The molecule has 0 spiro atoms. The van der Waals surface area contributed by atoms with Crippen molar-refractivity contribution in [2.45, 2.75) is 17.9 Å². The van der Waals surface area contributed by atoms with Gasteiger partial charge in [0.1, 0.15) is 0 Å². The van der Waals surface area contributed by atoms with Gasteiger partial charge in [0.2, 0.25) is 10.0 Å². The van der Waals surface area contributed by atoms with E-state index in [4.69, 9.17) is 0 Å². The molecule has 0 saturated heterocycles. The molecule has 3 rings (SSSR count). The molecule has 3 aromatic rings. The quantitative estimate of drug-likeness (QED) is 0.506. The first kappa shape index (κ1) is 18.1. The maximum atomic E-state index is 12.4. The number of sulfonamides is 1. The van der Waals surface area contributed by atoms with Crippen LogP contribution in [0.5, 0.6) is 0 Å². The highest BCUT2D eigenvalue weighted by atomic mass is 32.2. The van der Waals surface area contributed by atoms with Crippen LogP contribution < -0.4 is 4.72 Å². The summed E-state index contributed by atoms with van der Waals surface area (Å²) in [6.07, 6.45) is 2.36. The lowest BCUT2D eigenvalue weighted by Gasteiger charge is -2.09. The highest BCUT2D eigenvalue weighted by molar-refractivity contribution is 7.89. The summed E-state index contributed by atoms with van der Waals surface area (Å²) in [6.45, 7) is 0.919. The number of methoxy groups -OCH3 is 1. The lowest BCUT2D eigenvalue weighted by Crippen LogP contribution is -2.25. The predicted octanol–water partition coefficient (Wildman–Crippen LogP) is 2.19. The Morgan fingerprint density at radius 1 is 1.19 bits per heavy atom. The van der Waals surface area contributed by atoms with E-state index >= 15 is 0 Å². The van der Waals surface area contributed by atoms with Crippen LogP contribution in [0.4, 0.5) is 0 Å². The van der Waals surface area contributed by atoms with Gasteiger partial charge in [-0.15, -0.1) is 0 Å². The number of hydrogen-bond donors (Lipinski definition) is 1. The minimum atomic E-state index is -3.69. The number of benzene rings is 2.